The molecule has 0 unspecified atom stereocenters. The maximum Gasteiger partial charge on any atom is 0.311 e. The van der Waals surface area contributed by atoms with Gasteiger partial charge in [0.05, 0.1) is 10.5 Å². The summed E-state index contributed by atoms with van der Waals surface area (Å²) in [5.74, 6) is 0.207. The van der Waals surface area contributed by atoms with Gasteiger partial charge in [-0.1, -0.05) is 12.1 Å². The summed E-state index contributed by atoms with van der Waals surface area (Å²) < 4.78 is 6.22. The fraction of sp³-hybridized carbons (Fsp3) is 0.0714. The molecule has 2 rings (SSSR count). The number of nitrogens with one attached hydrogen (secondary N) is 1. The number of rotatable bonds is 4. The molecule has 0 fully saturated rings. The van der Waals surface area contributed by atoms with Crippen molar-refractivity contribution in [1.82, 2.24) is 0 Å². The number of aryl methyl sites for hydroxylation is 1. The first-order valence-electron chi connectivity index (χ1n) is 5.96. The van der Waals surface area contributed by atoms with Crippen molar-refractivity contribution in [2.75, 3.05) is 0 Å². The Hall–Kier alpha value is -2.41. The topological polar surface area (TPSA) is 102 Å². The number of nitrogens with zero attached hydrogens (tertiary/aromatic N) is 1. The number of nitro groups is 1. The normalized spacial score (nSPS) is 10.2. The summed E-state index contributed by atoms with van der Waals surface area (Å²) in [6, 6.07) is 9.62. The molecular formula is C14H12BrN3O3. The minimum Gasteiger partial charge on any atom is -0.449 e. The highest BCUT2D eigenvalue weighted by molar-refractivity contribution is 9.10. The van der Waals surface area contributed by atoms with Crippen LogP contribution in [-0.2, 0) is 0 Å². The fourth-order valence-electron chi connectivity index (χ4n) is 1.82. The van der Waals surface area contributed by atoms with Gasteiger partial charge in [0.25, 0.3) is 0 Å². The monoisotopic (exact) mass is 349 g/mol. The summed E-state index contributed by atoms with van der Waals surface area (Å²) in [6.45, 7) is 1.81. The Kier molecular flexibility index (Phi) is 4.23. The summed E-state index contributed by atoms with van der Waals surface area (Å²) in [5, 5.41) is 18.7. The molecule has 0 aliphatic carbocycles. The highest BCUT2D eigenvalue weighted by atomic mass is 79.9. The van der Waals surface area contributed by atoms with E-state index in [0.717, 1.165) is 5.56 Å². The van der Waals surface area contributed by atoms with Crippen LogP contribution in [0, 0.1) is 22.4 Å². The highest BCUT2D eigenvalue weighted by Crippen LogP contribution is 2.35. The van der Waals surface area contributed by atoms with Crippen LogP contribution in [0.25, 0.3) is 0 Å². The molecule has 21 heavy (non-hydrogen) atoms. The first kappa shape index (κ1) is 15.0. The van der Waals surface area contributed by atoms with E-state index in [1.54, 1.807) is 30.3 Å². The molecule has 0 heterocycles. The number of nitrogens with two attached hydrogens (primary N) is 1. The molecule has 0 saturated heterocycles. The van der Waals surface area contributed by atoms with Crippen molar-refractivity contribution >= 4 is 27.5 Å². The molecule has 0 radical (unpaired) electrons. The summed E-state index contributed by atoms with van der Waals surface area (Å²) >= 11 is 3.29. The van der Waals surface area contributed by atoms with Crippen LogP contribution in [0.5, 0.6) is 11.5 Å². The molecule has 108 valence electrons. The molecule has 2 aromatic rings. The number of hydrogen-bond acceptors (Lipinski definition) is 4. The van der Waals surface area contributed by atoms with E-state index >= 15 is 0 Å². The summed E-state index contributed by atoms with van der Waals surface area (Å²) in [5.41, 5.74) is 6.58. The Labute approximate surface area is 129 Å². The van der Waals surface area contributed by atoms with Gasteiger partial charge in [-0.05, 0) is 46.6 Å². The first-order valence-corrected chi connectivity index (χ1v) is 6.75. The van der Waals surface area contributed by atoms with Gasteiger partial charge in [-0.2, -0.15) is 0 Å². The summed E-state index contributed by atoms with van der Waals surface area (Å²) in [4.78, 5) is 10.5. The fourth-order valence-corrected chi connectivity index (χ4v) is 2.38. The van der Waals surface area contributed by atoms with E-state index in [1.165, 1.54) is 6.07 Å². The van der Waals surface area contributed by atoms with Gasteiger partial charge in [-0.15, -0.1) is 0 Å². The van der Waals surface area contributed by atoms with Crippen LogP contribution in [0.1, 0.15) is 11.1 Å². The van der Waals surface area contributed by atoms with Crippen molar-refractivity contribution < 1.29 is 9.66 Å². The molecular weight excluding hydrogens is 338 g/mol. The Morgan fingerprint density at radius 2 is 2.05 bits per heavy atom. The zero-order valence-corrected chi connectivity index (χ0v) is 12.7. The predicted octanol–water partition coefficient (Wildman–Crippen LogP) is 3.74. The van der Waals surface area contributed by atoms with Gasteiger partial charge in [0, 0.05) is 10.5 Å². The van der Waals surface area contributed by atoms with Crippen LogP contribution < -0.4 is 10.5 Å². The molecule has 0 spiro atoms. The number of benzene rings is 2. The Morgan fingerprint density at radius 1 is 1.33 bits per heavy atom. The van der Waals surface area contributed by atoms with Gasteiger partial charge in [-0.3, -0.25) is 15.5 Å². The third-order valence-electron chi connectivity index (χ3n) is 2.78. The molecule has 7 heteroatoms. The molecule has 0 aliphatic heterocycles. The number of hydrogen-bond donors (Lipinski definition) is 2. The number of halogens is 1. The van der Waals surface area contributed by atoms with Crippen LogP contribution in [-0.4, -0.2) is 10.8 Å². The van der Waals surface area contributed by atoms with Crippen molar-refractivity contribution in [3.05, 3.63) is 62.1 Å². The van der Waals surface area contributed by atoms with Crippen molar-refractivity contribution in [2.45, 2.75) is 6.92 Å². The largest absolute Gasteiger partial charge is 0.449 e. The Bertz CT molecular complexity index is 731. The number of nitrogen functional groups attached to an aromatic ring is 1. The molecule has 0 aliphatic rings. The van der Waals surface area contributed by atoms with E-state index in [1.807, 2.05) is 6.92 Å². The molecule has 0 amide bonds. The van der Waals surface area contributed by atoms with E-state index in [4.69, 9.17) is 15.9 Å². The summed E-state index contributed by atoms with van der Waals surface area (Å²) in [7, 11) is 0. The molecule has 0 aromatic heterocycles. The lowest BCUT2D eigenvalue weighted by atomic mass is 10.1. The minimum absolute atomic E-state index is 0.112. The van der Waals surface area contributed by atoms with E-state index in [0.29, 0.717) is 10.0 Å². The minimum atomic E-state index is -0.514. The second-order valence-electron chi connectivity index (χ2n) is 4.36. The van der Waals surface area contributed by atoms with E-state index in [9.17, 15) is 10.1 Å². The summed E-state index contributed by atoms with van der Waals surface area (Å²) in [6.07, 6.45) is 0. The zero-order valence-electron chi connectivity index (χ0n) is 11.1. The van der Waals surface area contributed by atoms with Crippen LogP contribution in [0.3, 0.4) is 0 Å². The molecule has 2 aromatic carbocycles. The van der Waals surface area contributed by atoms with Gasteiger partial charge in [-0.25, -0.2) is 0 Å². The zero-order chi connectivity index (χ0) is 15.6. The van der Waals surface area contributed by atoms with Crippen molar-refractivity contribution in [3.63, 3.8) is 0 Å². The Morgan fingerprint density at radius 3 is 2.67 bits per heavy atom. The molecule has 3 N–H and O–H groups in total. The van der Waals surface area contributed by atoms with Crippen LogP contribution >= 0.6 is 15.9 Å². The van der Waals surface area contributed by atoms with Crippen molar-refractivity contribution in [3.8, 4) is 11.5 Å². The van der Waals surface area contributed by atoms with E-state index in [-0.39, 0.29) is 23.0 Å². The lowest BCUT2D eigenvalue weighted by molar-refractivity contribution is -0.385. The standard InChI is InChI=1S/C14H12BrN3O3/c1-8-5-6-10(18(19)20)12(7-8)21-11-4-2-3-9(15)13(11)14(16)17/h2-7H,1H3,(H3,16,17). The molecule has 0 atom stereocenters. The average Bonchev–Trinajstić information content (AvgIpc) is 2.37. The van der Waals surface area contributed by atoms with Crippen LogP contribution in [0.2, 0.25) is 0 Å². The van der Waals surface area contributed by atoms with Gasteiger partial charge in [0.15, 0.2) is 0 Å². The molecule has 6 nitrogen and oxygen atoms in total. The molecule has 0 saturated carbocycles. The predicted molar refractivity (Wildman–Crippen MR) is 83.1 cm³/mol. The lowest BCUT2D eigenvalue weighted by Gasteiger charge is -2.12. The average molecular weight is 350 g/mol. The van der Waals surface area contributed by atoms with E-state index in [2.05, 4.69) is 15.9 Å². The third-order valence-corrected chi connectivity index (χ3v) is 3.44. The van der Waals surface area contributed by atoms with Gasteiger partial charge < -0.3 is 10.5 Å². The van der Waals surface area contributed by atoms with Crippen LogP contribution in [0.15, 0.2) is 40.9 Å². The number of nitro benzene ring substituents is 1. The van der Waals surface area contributed by atoms with Gasteiger partial charge in [0.1, 0.15) is 11.6 Å². The van der Waals surface area contributed by atoms with Crippen molar-refractivity contribution in [1.29, 1.82) is 5.41 Å². The quantitative estimate of drug-likeness (QED) is 0.379. The SMILES string of the molecule is Cc1ccc([N+](=O)[O-])c(Oc2cccc(Br)c2C(=N)N)c1. The molecule has 0 bridgehead atoms. The number of amidine groups is 1. The van der Waals surface area contributed by atoms with Gasteiger partial charge >= 0.3 is 5.69 Å². The third kappa shape index (κ3) is 3.19. The smallest absolute Gasteiger partial charge is 0.311 e. The number of ether oxygens (including phenoxy) is 1. The highest BCUT2D eigenvalue weighted by Gasteiger charge is 2.18. The second-order valence-corrected chi connectivity index (χ2v) is 5.21. The maximum absolute atomic E-state index is 11.1. The second kappa shape index (κ2) is 5.92. The van der Waals surface area contributed by atoms with Crippen molar-refractivity contribution in [2.24, 2.45) is 5.73 Å². The van der Waals surface area contributed by atoms with Gasteiger partial charge in [0.2, 0.25) is 5.75 Å². The Balaban J connectivity index is 2.53. The first-order chi connectivity index (χ1) is 9.90. The van der Waals surface area contributed by atoms with E-state index < -0.39 is 4.92 Å². The van der Waals surface area contributed by atoms with Crippen LogP contribution in [0.4, 0.5) is 5.69 Å². The maximum atomic E-state index is 11.1. The lowest BCUT2D eigenvalue weighted by Crippen LogP contribution is -2.13.